The SMILES string of the molecule is O=C(Cc1ccc(F)cc1)N(CC1CCCO1)c1nc2c(F)cccc2s1. The Hall–Kier alpha value is -2.38. The summed E-state index contributed by atoms with van der Waals surface area (Å²) < 4.78 is 33.5. The van der Waals surface area contributed by atoms with Gasteiger partial charge in [0.15, 0.2) is 5.13 Å². The first-order chi connectivity index (χ1) is 13.1. The van der Waals surface area contributed by atoms with Crippen LogP contribution < -0.4 is 4.90 Å². The molecule has 140 valence electrons. The molecule has 0 bridgehead atoms. The highest BCUT2D eigenvalue weighted by molar-refractivity contribution is 7.22. The van der Waals surface area contributed by atoms with Crippen molar-refractivity contribution >= 4 is 32.6 Å². The van der Waals surface area contributed by atoms with Gasteiger partial charge in [0.05, 0.1) is 23.8 Å². The minimum absolute atomic E-state index is 0.0565. The van der Waals surface area contributed by atoms with E-state index in [1.807, 2.05) is 0 Å². The number of aromatic nitrogens is 1. The quantitative estimate of drug-likeness (QED) is 0.653. The predicted molar refractivity (Wildman–Crippen MR) is 101 cm³/mol. The van der Waals surface area contributed by atoms with Crippen molar-refractivity contribution in [1.29, 1.82) is 0 Å². The van der Waals surface area contributed by atoms with Gasteiger partial charge in [-0.25, -0.2) is 13.8 Å². The molecule has 1 aromatic heterocycles. The van der Waals surface area contributed by atoms with Crippen molar-refractivity contribution in [1.82, 2.24) is 4.98 Å². The van der Waals surface area contributed by atoms with Crippen molar-refractivity contribution < 1.29 is 18.3 Å². The van der Waals surface area contributed by atoms with Crippen LogP contribution in [-0.2, 0) is 16.0 Å². The molecule has 1 unspecified atom stereocenters. The number of thiazole rings is 1. The molecule has 1 amide bonds. The largest absolute Gasteiger partial charge is 0.376 e. The van der Waals surface area contributed by atoms with Gasteiger partial charge in [0.25, 0.3) is 0 Å². The zero-order valence-electron chi connectivity index (χ0n) is 14.5. The number of fused-ring (bicyclic) bond motifs is 1. The van der Waals surface area contributed by atoms with E-state index in [0.717, 1.165) is 12.8 Å². The summed E-state index contributed by atoms with van der Waals surface area (Å²) in [6, 6.07) is 10.6. The number of hydrogen-bond acceptors (Lipinski definition) is 4. The lowest BCUT2D eigenvalue weighted by Crippen LogP contribution is -2.38. The third-order valence-electron chi connectivity index (χ3n) is 4.57. The van der Waals surface area contributed by atoms with Gasteiger partial charge in [0, 0.05) is 6.61 Å². The lowest BCUT2D eigenvalue weighted by atomic mass is 10.1. The normalized spacial score (nSPS) is 16.7. The number of para-hydroxylation sites is 1. The van der Waals surface area contributed by atoms with Crippen LogP contribution >= 0.6 is 11.3 Å². The number of rotatable bonds is 5. The maximum absolute atomic E-state index is 14.0. The Morgan fingerprint density at radius 2 is 2.04 bits per heavy atom. The number of ether oxygens (including phenoxy) is 1. The van der Waals surface area contributed by atoms with Gasteiger partial charge < -0.3 is 4.74 Å². The monoisotopic (exact) mass is 388 g/mol. The molecule has 3 aromatic rings. The molecular formula is C20H18F2N2O2S. The molecule has 27 heavy (non-hydrogen) atoms. The molecule has 0 spiro atoms. The van der Waals surface area contributed by atoms with Gasteiger partial charge >= 0.3 is 0 Å². The van der Waals surface area contributed by atoms with E-state index in [1.54, 1.807) is 29.2 Å². The average molecular weight is 388 g/mol. The molecule has 1 atom stereocenters. The third-order valence-corrected chi connectivity index (χ3v) is 5.61. The van der Waals surface area contributed by atoms with E-state index in [2.05, 4.69) is 4.98 Å². The van der Waals surface area contributed by atoms with Crippen molar-refractivity contribution in [3.8, 4) is 0 Å². The van der Waals surface area contributed by atoms with Crippen molar-refractivity contribution in [2.24, 2.45) is 0 Å². The zero-order chi connectivity index (χ0) is 18.8. The second-order valence-electron chi connectivity index (χ2n) is 6.53. The van der Waals surface area contributed by atoms with E-state index in [1.165, 1.54) is 29.5 Å². The first kappa shape index (κ1) is 18.0. The van der Waals surface area contributed by atoms with Crippen molar-refractivity contribution in [3.63, 3.8) is 0 Å². The van der Waals surface area contributed by atoms with Gasteiger partial charge in [-0.2, -0.15) is 0 Å². The molecule has 1 aliphatic heterocycles. The highest BCUT2D eigenvalue weighted by Gasteiger charge is 2.26. The van der Waals surface area contributed by atoms with Gasteiger partial charge in [-0.1, -0.05) is 29.5 Å². The Bertz CT molecular complexity index is 952. The second kappa shape index (κ2) is 7.70. The first-order valence-electron chi connectivity index (χ1n) is 8.81. The smallest absolute Gasteiger partial charge is 0.233 e. The molecule has 7 heteroatoms. The molecule has 4 nitrogen and oxygen atoms in total. The number of carbonyl (C=O) groups excluding carboxylic acids is 1. The first-order valence-corrected chi connectivity index (χ1v) is 9.63. The van der Waals surface area contributed by atoms with Crippen LogP contribution in [0.5, 0.6) is 0 Å². The van der Waals surface area contributed by atoms with Crippen LogP contribution in [0.1, 0.15) is 18.4 Å². The third kappa shape index (κ3) is 3.99. The maximum Gasteiger partial charge on any atom is 0.233 e. The molecule has 2 aromatic carbocycles. The van der Waals surface area contributed by atoms with Crippen molar-refractivity contribution in [2.75, 3.05) is 18.1 Å². The average Bonchev–Trinajstić information content (AvgIpc) is 3.31. The highest BCUT2D eigenvalue weighted by Crippen LogP contribution is 2.31. The predicted octanol–water partition coefficient (Wildman–Crippen LogP) is 4.33. The van der Waals surface area contributed by atoms with Crippen LogP contribution in [0.25, 0.3) is 10.2 Å². The highest BCUT2D eigenvalue weighted by atomic mass is 32.1. The summed E-state index contributed by atoms with van der Waals surface area (Å²) in [5, 5.41) is 0.456. The van der Waals surface area contributed by atoms with Crippen LogP contribution in [0.4, 0.5) is 13.9 Å². The molecular weight excluding hydrogens is 370 g/mol. The Balaban J connectivity index is 1.63. The topological polar surface area (TPSA) is 42.4 Å². The van der Waals surface area contributed by atoms with E-state index < -0.39 is 5.82 Å². The summed E-state index contributed by atoms with van der Waals surface area (Å²) in [4.78, 5) is 18.9. The fraction of sp³-hybridized carbons (Fsp3) is 0.300. The standard InChI is InChI=1S/C20H18F2N2O2S/c21-14-8-6-13(7-9-14)11-18(25)24(12-15-3-2-10-26-15)20-23-19-16(22)4-1-5-17(19)27-20/h1,4-9,15H,2-3,10-12H2. The molecule has 2 heterocycles. The van der Waals surface area contributed by atoms with Gasteiger partial charge in [-0.05, 0) is 42.7 Å². The minimum Gasteiger partial charge on any atom is -0.376 e. The lowest BCUT2D eigenvalue weighted by Gasteiger charge is -2.23. The molecule has 1 aliphatic rings. The number of amides is 1. The van der Waals surface area contributed by atoms with Crippen LogP contribution in [0, 0.1) is 11.6 Å². The molecule has 0 saturated carbocycles. The van der Waals surface area contributed by atoms with Crippen LogP contribution in [0.2, 0.25) is 0 Å². The molecule has 0 aliphatic carbocycles. The Labute approximate surface area is 159 Å². The van der Waals surface area contributed by atoms with Crippen LogP contribution in [0.15, 0.2) is 42.5 Å². The van der Waals surface area contributed by atoms with Crippen LogP contribution in [-0.4, -0.2) is 30.1 Å². The zero-order valence-corrected chi connectivity index (χ0v) is 15.3. The minimum atomic E-state index is -0.405. The van der Waals surface area contributed by atoms with Gasteiger partial charge in [-0.15, -0.1) is 0 Å². The lowest BCUT2D eigenvalue weighted by molar-refractivity contribution is -0.118. The Kier molecular flexibility index (Phi) is 5.13. The number of benzene rings is 2. The van der Waals surface area contributed by atoms with E-state index in [4.69, 9.17) is 4.74 Å². The molecule has 4 rings (SSSR count). The summed E-state index contributed by atoms with van der Waals surface area (Å²) in [5.41, 5.74) is 0.982. The summed E-state index contributed by atoms with van der Waals surface area (Å²) in [7, 11) is 0. The number of anilines is 1. The van der Waals surface area contributed by atoms with E-state index in [0.29, 0.717) is 28.5 Å². The molecule has 0 radical (unpaired) electrons. The van der Waals surface area contributed by atoms with Crippen LogP contribution in [0.3, 0.4) is 0 Å². The number of carbonyl (C=O) groups is 1. The van der Waals surface area contributed by atoms with E-state index in [9.17, 15) is 13.6 Å². The maximum atomic E-state index is 14.0. The molecule has 0 N–H and O–H groups in total. The van der Waals surface area contributed by atoms with Gasteiger partial charge in [0.2, 0.25) is 5.91 Å². The summed E-state index contributed by atoms with van der Waals surface area (Å²) in [5.74, 6) is -0.918. The second-order valence-corrected chi connectivity index (χ2v) is 7.53. The Morgan fingerprint density at radius 1 is 1.22 bits per heavy atom. The van der Waals surface area contributed by atoms with E-state index in [-0.39, 0.29) is 29.8 Å². The van der Waals surface area contributed by atoms with E-state index >= 15 is 0 Å². The van der Waals surface area contributed by atoms with Gasteiger partial charge in [0.1, 0.15) is 17.2 Å². The van der Waals surface area contributed by atoms with Crippen molar-refractivity contribution in [3.05, 3.63) is 59.7 Å². The number of nitrogens with zero attached hydrogens (tertiary/aromatic N) is 2. The summed E-state index contributed by atoms with van der Waals surface area (Å²) in [6.07, 6.45) is 1.89. The van der Waals surface area contributed by atoms with Gasteiger partial charge in [-0.3, -0.25) is 9.69 Å². The molecule has 1 fully saturated rings. The summed E-state index contributed by atoms with van der Waals surface area (Å²) >= 11 is 1.28. The molecule has 1 saturated heterocycles. The fourth-order valence-corrected chi connectivity index (χ4v) is 4.18. The van der Waals surface area contributed by atoms with Crippen molar-refractivity contribution in [2.45, 2.75) is 25.4 Å². The Morgan fingerprint density at radius 3 is 2.74 bits per heavy atom. The number of hydrogen-bond donors (Lipinski definition) is 0. The summed E-state index contributed by atoms with van der Waals surface area (Å²) in [6.45, 7) is 1.06. The fourth-order valence-electron chi connectivity index (χ4n) is 3.17. The number of halogens is 2.